The van der Waals surface area contributed by atoms with Gasteiger partial charge in [0.05, 0.1) is 12.7 Å². The fraction of sp³-hybridized carbons (Fsp3) is 0.682. The highest BCUT2D eigenvalue weighted by Crippen LogP contribution is 2.62. The summed E-state index contributed by atoms with van der Waals surface area (Å²) in [5.41, 5.74) is 0.498. The number of carbonyl (C=O) groups excluding carboxylic acids is 1. The number of aromatic hydroxyl groups is 1. The van der Waals surface area contributed by atoms with E-state index in [0.29, 0.717) is 18.6 Å². The molecule has 0 aromatic heterocycles. The first-order chi connectivity index (χ1) is 13.0. The summed E-state index contributed by atoms with van der Waals surface area (Å²) in [6.45, 7) is 1.99. The molecule has 2 bridgehead atoms. The van der Waals surface area contributed by atoms with Crippen LogP contribution < -0.4 is 4.74 Å². The molecule has 146 valence electrons. The summed E-state index contributed by atoms with van der Waals surface area (Å²) in [6, 6.07) is 3.95. The summed E-state index contributed by atoms with van der Waals surface area (Å²) in [5, 5.41) is 23.1. The number of hydrogen-bond donors (Lipinski definition) is 2. The van der Waals surface area contributed by atoms with Gasteiger partial charge in [0.15, 0.2) is 11.5 Å². The summed E-state index contributed by atoms with van der Waals surface area (Å²) in [6.07, 6.45) is 7.16. The van der Waals surface area contributed by atoms with Crippen molar-refractivity contribution in [3.8, 4) is 11.5 Å². The van der Waals surface area contributed by atoms with E-state index in [4.69, 9.17) is 4.74 Å². The highest BCUT2D eigenvalue weighted by Gasteiger charge is 2.65. The van der Waals surface area contributed by atoms with Gasteiger partial charge in [0, 0.05) is 29.5 Å². The largest absolute Gasteiger partial charge is 0.504 e. The number of nitrogens with zero attached hydrogens (tertiary/aromatic N) is 1. The molecular formula is C22H29NO4. The van der Waals surface area contributed by atoms with Crippen molar-refractivity contribution in [1.82, 2.24) is 4.90 Å². The SMILES string of the molecule is COc1ccc2c(c1O)[C@]13CCN(CC4CC4)[C@H](C2)[C@]1(O)CC[C@H](C=O)C3. The second-order valence-corrected chi connectivity index (χ2v) is 9.20. The molecule has 0 spiro atoms. The predicted octanol–water partition coefficient (Wildman–Crippen LogP) is 2.41. The second-order valence-electron chi connectivity index (χ2n) is 9.20. The van der Waals surface area contributed by atoms with Crippen LogP contribution in [0.2, 0.25) is 0 Å². The molecule has 0 amide bonds. The molecule has 2 saturated carbocycles. The number of likely N-dealkylation sites (tertiary alicyclic amines) is 1. The Kier molecular flexibility index (Phi) is 3.86. The van der Waals surface area contributed by atoms with Crippen LogP contribution in [0.15, 0.2) is 12.1 Å². The van der Waals surface area contributed by atoms with Gasteiger partial charge in [-0.1, -0.05) is 6.07 Å². The molecule has 0 unspecified atom stereocenters. The van der Waals surface area contributed by atoms with Crippen LogP contribution in [0.25, 0.3) is 0 Å². The minimum absolute atomic E-state index is 0.0579. The van der Waals surface area contributed by atoms with E-state index in [2.05, 4.69) is 4.90 Å². The number of piperidine rings is 1. The average molecular weight is 371 g/mol. The maximum absolute atomic E-state index is 12.1. The summed E-state index contributed by atoms with van der Waals surface area (Å²) < 4.78 is 5.38. The monoisotopic (exact) mass is 371 g/mol. The minimum Gasteiger partial charge on any atom is -0.504 e. The number of ether oxygens (including phenoxy) is 1. The highest BCUT2D eigenvalue weighted by atomic mass is 16.5. The lowest BCUT2D eigenvalue weighted by Crippen LogP contribution is -2.73. The average Bonchev–Trinajstić information content (AvgIpc) is 3.47. The quantitative estimate of drug-likeness (QED) is 0.796. The van der Waals surface area contributed by atoms with Gasteiger partial charge in [-0.25, -0.2) is 0 Å². The summed E-state index contributed by atoms with van der Waals surface area (Å²) in [7, 11) is 1.56. The predicted molar refractivity (Wildman–Crippen MR) is 101 cm³/mol. The van der Waals surface area contributed by atoms with E-state index in [-0.39, 0.29) is 17.7 Å². The van der Waals surface area contributed by atoms with Gasteiger partial charge < -0.3 is 19.7 Å². The summed E-state index contributed by atoms with van der Waals surface area (Å²) in [5.74, 6) is 1.34. The lowest BCUT2D eigenvalue weighted by molar-refractivity contribution is -0.175. The number of benzene rings is 1. The Hall–Kier alpha value is -1.59. The van der Waals surface area contributed by atoms with Crippen LogP contribution in [-0.2, 0) is 16.6 Å². The maximum atomic E-state index is 12.1. The third-order valence-electron chi connectivity index (χ3n) is 7.87. The van der Waals surface area contributed by atoms with Gasteiger partial charge in [-0.05, 0) is 69.0 Å². The van der Waals surface area contributed by atoms with Crippen molar-refractivity contribution in [2.45, 2.75) is 62.0 Å². The van der Waals surface area contributed by atoms with E-state index in [0.717, 1.165) is 55.7 Å². The molecule has 3 fully saturated rings. The van der Waals surface area contributed by atoms with Crippen LogP contribution in [0.1, 0.15) is 49.7 Å². The molecule has 27 heavy (non-hydrogen) atoms. The molecule has 4 atom stereocenters. The lowest BCUT2D eigenvalue weighted by atomic mass is 9.48. The van der Waals surface area contributed by atoms with Crippen LogP contribution >= 0.6 is 0 Å². The topological polar surface area (TPSA) is 70.0 Å². The van der Waals surface area contributed by atoms with E-state index in [1.165, 1.54) is 12.8 Å². The molecule has 2 N–H and O–H groups in total. The van der Waals surface area contributed by atoms with E-state index in [1.54, 1.807) is 7.11 Å². The number of rotatable bonds is 4. The molecule has 5 nitrogen and oxygen atoms in total. The van der Waals surface area contributed by atoms with Crippen molar-refractivity contribution in [1.29, 1.82) is 0 Å². The molecule has 5 heteroatoms. The molecule has 0 radical (unpaired) electrons. The number of carbonyl (C=O) groups is 1. The number of phenols is 1. The highest BCUT2D eigenvalue weighted by molar-refractivity contribution is 5.61. The fourth-order valence-electron chi connectivity index (χ4n) is 6.37. The number of methoxy groups -OCH3 is 1. The van der Waals surface area contributed by atoms with Gasteiger partial charge in [0.1, 0.15) is 6.29 Å². The van der Waals surface area contributed by atoms with Gasteiger partial charge in [0.2, 0.25) is 0 Å². The first-order valence-electron chi connectivity index (χ1n) is 10.3. The molecule has 1 heterocycles. The van der Waals surface area contributed by atoms with E-state index < -0.39 is 11.0 Å². The zero-order valence-corrected chi connectivity index (χ0v) is 16.0. The molecule has 3 aliphatic carbocycles. The standard InChI is InChI=1S/C22H29NO4/c1-27-17-5-4-16-10-18-22(26)7-6-15(13-24)11-21(22,19(16)20(17)25)8-9-23(18)12-14-2-3-14/h4-5,13-15,18,25-26H,2-3,6-12H2,1H3/t15-,18+,21+,22+/m0/s1. The zero-order chi connectivity index (χ0) is 18.8. The Balaban J connectivity index is 1.67. The van der Waals surface area contributed by atoms with Crippen LogP contribution in [-0.4, -0.2) is 53.2 Å². The van der Waals surface area contributed by atoms with Gasteiger partial charge >= 0.3 is 0 Å². The Bertz CT molecular complexity index is 776. The van der Waals surface area contributed by atoms with E-state index in [9.17, 15) is 15.0 Å². The molecular weight excluding hydrogens is 342 g/mol. The minimum atomic E-state index is -0.892. The number of fused-ring (bicyclic) bond motifs is 1. The van der Waals surface area contributed by atoms with Crippen LogP contribution in [0, 0.1) is 11.8 Å². The van der Waals surface area contributed by atoms with Crippen LogP contribution in [0.3, 0.4) is 0 Å². The summed E-state index contributed by atoms with van der Waals surface area (Å²) >= 11 is 0. The molecule has 1 saturated heterocycles. The van der Waals surface area contributed by atoms with E-state index in [1.807, 2.05) is 12.1 Å². The first-order valence-corrected chi connectivity index (χ1v) is 10.3. The fourth-order valence-corrected chi connectivity index (χ4v) is 6.37. The number of phenolic OH excluding ortho intramolecular Hbond substituents is 1. The van der Waals surface area contributed by atoms with Crippen molar-refractivity contribution in [2.75, 3.05) is 20.2 Å². The number of hydrogen-bond acceptors (Lipinski definition) is 5. The van der Waals surface area contributed by atoms with Crippen molar-refractivity contribution in [2.24, 2.45) is 11.8 Å². The third kappa shape index (κ3) is 2.34. The van der Waals surface area contributed by atoms with Crippen molar-refractivity contribution in [3.05, 3.63) is 23.3 Å². The van der Waals surface area contributed by atoms with Gasteiger partial charge in [-0.2, -0.15) is 0 Å². The third-order valence-corrected chi connectivity index (χ3v) is 7.87. The van der Waals surface area contributed by atoms with Gasteiger partial charge in [0.25, 0.3) is 0 Å². The summed E-state index contributed by atoms with van der Waals surface area (Å²) in [4.78, 5) is 14.2. The van der Waals surface area contributed by atoms with Gasteiger partial charge in [-0.15, -0.1) is 0 Å². The number of aliphatic hydroxyl groups is 1. The molecule has 1 aromatic carbocycles. The Morgan fingerprint density at radius 3 is 2.81 bits per heavy atom. The van der Waals surface area contributed by atoms with Crippen LogP contribution in [0.4, 0.5) is 0 Å². The van der Waals surface area contributed by atoms with E-state index >= 15 is 0 Å². The Morgan fingerprint density at radius 2 is 2.11 bits per heavy atom. The normalized spacial score (nSPS) is 38.0. The zero-order valence-electron chi connectivity index (χ0n) is 16.0. The molecule has 4 aliphatic rings. The lowest BCUT2D eigenvalue weighted by Gasteiger charge is -2.64. The second kappa shape index (κ2) is 5.95. The number of aldehydes is 1. The first kappa shape index (κ1) is 17.5. The Labute approximate surface area is 160 Å². The molecule has 1 aliphatic heterocycles. The van der Waals surface area contributed by atoms with Gasteiger partial charge in [-0.3, -0.25) is 4.90 Å². The van der Waals surface area contributed by atoms with Crippen LogP contribution in [0.5, 0.6) is 11.5 Å². The maximum Gasteiger partial charge on any atom is 0.161 e. The van der Waals surface area contributed by atoms with Crippen molar-refractivity contribution >= 4 is 6.29 Å². The Morgan fingerprint density at radius 1 is 1.30 bits per heavy atom. The molecule has 1 aromatic rings. The smallest absolute Gasteiger partial charge is 0.161 e. The molecule has 5 rings (SSSR count). The van der Waals surface area contributed by atoms with Crippen molar-refractivity contribution in [3.63, 3.8) is 0 Å². The van der Waals surface area contributed by atoms with Crippen molar-refractivity contribution < 1.29 is 19.7 Å².